The van der Waals surface area contributed by atoms with Gasteiger partial charge in [-0.3, -0.25) is 10.1 Å². The maximum Gasteiger partial charge on any atom is 0.412 e. The number of aldehydes is 1. The summed E-state index contributed by atoms with van der Waals surface area (Å²) in [7, 11) is 0. The fourth-order valence-corrected chi connectivity index (χ4v) is 3.15. The van der Waals surface area contributed by atoms with Crippen molar-refractivity contribution >= 4 is 29.8 Å². The van der Waals surface area contributed by atoms with Crippen molar-refractivity contribution in [2.24, 2.45) is 0 Å². The van der Waals surface area contributed by atoms with Crippen molar-refractivity contribution in [1.82, 2.24) is 0 Å². The van der Waals surface area contributed by atoms with E-state index in [1.807, 2.05) is 18.2 Å². The summed E-state index contributed by atoms with van der Waals surface area (Å²) < 4.78 is 19.5. The van der Waals surface area contributed by atoms with Crippen LogP contribution in [0.2, 0.25) is 0 Å². The second-order valence-corrected chi connectivity index (χ2v) is 7.86. The van der Waals surface area contributed by atoms with Crippen LogP contribution in [0.15, 0.2) is 41.3 Å². The third-order valence-corrected chi connectivity index (χ3v) is 4.55. The average molecular weight is 375 g/mol. The molecule has 2 aromatic rings. The van der Waals surface area contributed by atoms with Gasteiger partial charge in [0.05, 0.1) is 5.56 Å². The van der Waals surface area contributed by atoms with E-state index in [0.717, 1.165) is 5.56 Å². The highest BCUT2D eigenvalue weighted by Gasteiger charge is 2.16. The Bertz CT molecular complexity index is 815. The zero-order chi connectivity index (χ0) is 19.3. The lowest BCUT2D eigenvalue weighted by Crippen LogP contribution is -2.27. The minimum Gasteiger partial charge on any atom is -0.444 e. The number of amides is 1. The summed E-state index contributed by atoms with van der Waals surface area (Å²) in [5.41, 5.74) is 1.66. The van der Waals surface area contributed by atoms with Crippen LogP contribution in [0.4, 0.5) is 14.9 Å². The molecule has 0 saturated heterocycles. The lowest BCUT2D eigenvalue weighted by Gasteiger charge is -2.19. The molecule has 0 aliphatic carbocycles. The highest BCUT2D eigenvalue weighted by molar-refractivity contribution is 7.98. The van der Waals surface area contributed by atoms with Crippen LogP contribution in [0.5, 0.6) is 0 Å². The standard InChI is InChI=1S/C20H22FNO3S/c1-13-8-9-17(18(21)16(13)11-23)26-12-14-6-5-7-15(10-14)22-19(24)25-20(2,3)4/h5-11H,12H2,1-4H3,(H,22,24). The van der Waals surface area contributed by atoms with Crippen LogP contribution in [-0.2, 0) is 10.5 Å². The van der Waals surface area contributed by atoms with Crippen LogP contribution in [0.25, 0.3) is 0 Å². The van der Waals surface area contributed by atoms with E-state index >= 15 is 0 Å². The largest absolute Gasteiger partial charge is 0.444 e. The van der Waals surface area contributed by atoms with Gasteiger partial charge in [0.15, 0.2) is 6.29 Å². The first-order valence-corrected chi connectivity index (χ1v) is 9.14. The van der Waals surface area contributed by atoms with Crippen molar-refractivity contribution in [3.63, 3.8) is 0 Å². The van der Waals surface area contributed by atoms with Crippen LogP contribution < -0.4 is 5.32 Å². The minimum absolute atomic E-state index is 0.0929. The Balaban J connectivity index is 2.05. The van der Waals surface area contributed by atoms with Gasteiger partial charge >= 0.3 is 6.09 Å². The van der Waals surface area contributed by atoms with Crippen LogP contribution in [-0.4, -0.2) is 18.0 Å². The van der Waals surface area contributed by atoms with Crippen LogP contribution in [0.1, 0.15) is 42.3 Å². The van der Waals surface area contributed by atoms with Crippen LogP contribution in [0, 0.1) is 12.7 Å². The Hall–Kier alpha value is -2.34. The maximum atomic E-state index is 14.3. The highest BCUT2D eigenvalue weighted by Crippen LogP contribution is 2.29. The van der Waals surface area contributed by atoms with Gasteiger partial charge in [0.25, 0.3) is 0 Å². The van der Waals surface area contributed by atoms with Gasteiger partial charge in [0.2, 0.25) is 0 Å². The molecule has 2 aromatic carbocycles. The number of nitrogens with one attached hydrogen (secondary N) is 1. The van der Waals surface area contributed by atoms with E-state index in [-0.39, 0.29) is 5.56 Å². The molecule has 2 rings (SSSR count). The van der Waals surface area contributed by atoms with Gasteiger partial charge < -0.3 is 4.74 Å². The van der Waals surface area contributed by atoms with E-state index in [1.54, 1.807) is 45.9 Å². The molecule has 0 fully saturated rings. The van der Waals surface area contributed by atoms with E-state index < -0.39 is 17.5 Å². The number of rotatable bonds is 5. The summed E-state index contributed by atoms with van der Waals surface area (Å²) in [6, 6.07) is 10.7. The number of carbonyl (C=O) groups excluding carboxylic acids is 2. The molecule has 4 nitrogen and oxygen atoms in total. The zero-order valence-electron chi connectivity index (χ0n) is 15.3. The first kappa shape index (κ1) is 20.0. The van der Waals surface area contributed by atoms with E-state index in [2.05, 4.69) is 5.32 Å². The number of thioether (sulfide) groups is 1. The quantitative estimate of drug-likeness (QED) is 0.547. The molecule has 1 N–H and O–H groups in total. The molecule has 0 heterocycles. The normalized spacial score (nSPS) is 11.1. The molecule has 26 heavy (non-hydrogen) atoms. The summed E-state index contributed by atoms with van der Waals surface area (Å²) in [6.07, 6.45) is 0.0163. The number of hydrogen-bond acceptors (Lipinski definition) is 4. The van der Waals surface area contributed by atoms with Crippen LogP contribution >= 0.6 is 11.8 Å². The van der Waals surface area contributed by atoms with Crippen molar-refractivity contribution in [1.29, 1.82) is 0 Å². The smallest absolute Gasteiger partial charge is 0.412 e. The first-order valence-electron chi connectivity index (χ1n) is 8.15. The fourth-order valence-electron chi connectivity index (χ4n) is 2.25. The number of halogens is 1. The van der Waals surface area contributed by atoms with Crippen molar-refractivity contribution < 1.29 is 18.7 Å². The van der Waals surface area contributed by atoms with Crippen molar-refractivity contribution in [2.45, 2.75) is 43.9 Å². The van der Waals surface area contributed by atoms with Gasteiger partial charge in [-0.2, -0.15) is 0 Å². The average Bonchev–Trinajstić information content (AvgIpc) is 2.53. The monoisotopic (exact) mass is 375 g/mol. The Kier molecular flexibility index (Phi) is 6.42. The molecule has 0 aromatic heterocycles. The second kappa shape index (κ2) is 8.36. The summed E-state index contributed by atoms with van der Waals surface area (Å²) in [6.45, 7) is 7.09. The Morgan fingerprint density at radius 2 is 2.00 bits per heavy atom. The van der Waals surface area contributed by atoms with E-state index in [0.29, 0.717) is 28.2 Å². The molecular formula is C20H22FNO3S. The molecule has 6 heteroatoms. The molecule has 0 aliphatic rings. The summed E-state index contributed by atoms with van der Waals surface area (Å²) in [5.74, 6) is 0.00954. The fraction of sp³-hybridized carbons (Fsp3) is 0.300. The van der Waals surface area contributed by atoms with Crippen molar-refractivity contribution in [3.8, 4) is 0 Å². The zero-order valence-corrected chi connectivity index (χ0v) is 16.1. The third-order valence-electron chi connectivity index (χ3n) is 3.45. The number of ether oxygens (including phenoxy) is 1. The number of carbonyl (C=O) groups is 2. The number of aryl methyl sites for hydroxylation is 1. The summed E-state index contributed by atoms with van der Waals surface area (Å²) in [5, 5.41) is 2.68. The second-order valence-electron chi connectivity index (χ2n) is 6.84. The van der Waals surface area contributed by atoms with Gasteiger partial charge in [-0.25, -0.2) is 9.18 Å². The predicted octanol–water partition coefficient (Wildman–Crippen LogP) is 5.59. The Morgan fingerprint density at radius 1 is 1.27 bits per heavy atom. The molecule has 0 unspecified atom stereocenters. The van der Waals surface area contributed by atoms with Crippen molar-refractivity contribution in [3.05, 3.63) is 58.9 Å². The SMILES string of the molecule is Cc1ccc(SCc2cccc(NC(=O)OC(C)(C)C)c2)c(F)c1C=O. The maximum absolute atomic E-state index is 14.3. The molecule has 0 saturated carbocycles. The minimum atomic E-state index is -0.573. The number of anilines is 1. The van der Waals surface area contributed by atoms with Crippen LogP contribution in [0.3, 0.4) is 0 Å². The van der Waals surface area contributed by atoms with E-state index in [1.165, 1.54) is 11.8 Å². The van der Waals surface area contributed by atoms with E-state index in [9.17, 15) is 14.0 Å². The molecule has 138 valence electrons. The van der Waals surface area contributed by atoms with E-state index in [4.69, 9.17) is 4.74 Å². The van der Waals surface area contributed by atoms with Gasteiger partial charge in [-0.1, -0.05) is 18.2 Å². The molecule has 0 radical (unpaired) electrons. The van der Waals surface area contributed by atoms with Gasteiger partial charge in [0, 0.05) is 16.3 Å². The topological polar surface area (TPSA) is 55.4 Å². The third kappa shape index (κ3) is 5.59. The summed E-state index contributed by atoms with van der Waals surface area (Å²) >= 11 is 1.30. The Morgan fingerprint density at radius 3 is 2.65 bits per heavy atom. The number of hydrogen-bond donors (Lipinski definition) is 1. The first-order chi connectivity index (χ1) is 12.2. The Labute approximate surface area is 157 Å². The predicted molar refractivity (Wildman–Crippen MR) is 102 cm³/mol. The molecule has 0 bridgehead atoms. The lowest BCUT2D eigenvalue weighted by molar-refractivity contribution is 0.0636. The molecule has 0 spiro atoms. The van der Waals surface area contributed by atoms with Gasteiger partial charge in [-0.05, 0) is 57.0 Å². The lowest BCUT2D eigenvalue weighted by atomic mass is 10.1. The van der Waals surface area contributed by atoms with Gasteiger partial charge in [-0.15, -0.1) is 11.8 Å². The molecule has 0 atom stereocenters. The van der Waals surface area contributed by atoms with Gasteiger partial charge in [0.1, 0.15) is 11.4 Å². The highest BCUT2D eigenvalue weighted by atomic mass is 32.2. The molecule has 0 aliphatic heterocycles. The van der Waals surface area contributed by atoms with Crippen molar-refractivity contribution in [2.75, 3.05) is 5.32 Å². The molecule has 1 amide bonds. The summed E-state index contributed by atoms with van der Waals surface area (Å²) in [4.78, 5) is 23.3. The molecular weight excluding hydrogens is 353 g/mol. The number of benzene rings is 2.